The predicted molar refractivity (Wildman–Crippen MR) is 248 cm³/mol. The molecule has 0 aromatic rings. The minimum absolute atomic E-state index is 0. The summed E-state index contributed by atoms with van der Waals surface area (Å²) < 4.78 is 0. The lowest BCUT2D eigenvalue weighted by Gasteiger charge is -2.22. The summed E-state index contributed by atoms with van der Waals surface area (Å²) >= 11 is 0. The Bertz CT molecular complexity index is 1780. The fourth-order valence-corrected chi connectivity index (χ4v) is 14.0. The summed E-state index contributed by atoms with van der Waals surface area (Å²) in [6.07, 6.45) is 57.0. The molecular formula is C57H76. The van der Waals surface area contributed by atoms with E-state index >= 15 is 0 Å². The highest BCUT2D eigenvalue weighted by Crippen LogP contribution is 2.57. The van der Waals surface area contributed by atoms with E-state index < -0.39 is 0 Å². The van der Waals surface area contributed by atoms with Gasteiger partial charge in [0.2, 0.25) is 0 Å². The molecule has 13 aliphatic rings. The average molecular weight is 762 g/mol. The van der Waals surface area contributed by atoms with Crippen molar-refractivity contribution in [2.45, 2.75) is 98.8 Å². The maximum atomic E-state index is 3.94. The first kappa shape index (κ1) is 40.4. The van der Waals surface area contributed by atoms with Crippen molar-refractivity contribution in [1.29, 1.82) is 0 Å². The lowest BCUT2D eigenvalue weighted by atomic mass is 9.82. The molecule has 6 bridgehead atoms. The normalized spacial score (nSPS) is 43.1. The summed E-state index contributed by atoms with van der Waals surface area (Å²) in [5.41, 5.74) is 8.03. The highest BCUT2D eigenvalue weighted by Gasteiger charge is 2.48. The van der Waals surface area contributed by atoms with Gasteiger partial charge in [-0.2, -0.15) is 0 Å². The van der Waals surface area contributed by atoms with Crippen molar-refractivity contribution in [3.63, 3.8) is 0 Å². The van der Waals surface area contributed by atoms with E-state index in [-0.39, 0.29) is 1.43 Å². The Balaban J connectivity index is 0.000000108. The van der Waals surface area contributed by atoms with Gasteiger partial charge in [0.05, 0.1) is 0 Å². The van der Waals surface area contributed by atoms with Crippen LogP contribution in [0.4, 0.5) is 0 Å². The average Bonchev–Trinajstić information content (AvgIpc) is 4.00. The van der Waals surface area contributed by atoms with Crippen molar-refractivity contribution in [2.24, 2.45) is 94.7 Å². The van der Waals surface area contributed by atoms with Crippen LogP contribution in [0.25, 0.3) is 0 Å². The van der Waals surface area contributed by atoms with Gasteiger partial charge >= 0.3 is 0 Å². The number of rotatable bonds is 2. The summed E-state index contributed by atoms with van der Waals surface area (Å²) in [7, 11) is 0. The highest BCUT2D eigenvalue weighted by atomic mass is 14.5. The van der Waals surface area contributed by atoms with E-state index in [4.69, 9.17) is 0 Å². The molecular weight excluding hydrogens is 685 g/mol. The first-order valence-corrected chi connectivity index (χ1v) is 23.3. The van der Waals surface area contributed by atoms with Gasteiger partial charge in [-0.25, -0.2) is 0 Å². The summed E-state index contributed by atoms with van der Waals surface area (Å²) in [6.45, 7) is 19.2. The van der Waals surface area contributed by atoms with E-state index in [1.165, 1.54) is 63.4 Å². The van der Waals surface area contributed by atoms with Crippen LogP contribution in [0.1, 0.15) is 100 Å². The Labute approximate surface area is 350 Å². The third-order valence-electron chi connectivity index (χ3n) is 16.8. The molecule has 57 heavy (non-hydrogen) atoms. The maximum Gasteiger partial charge on any atom is 0 e. The van der Waals surface area contributed by atoms with Gasteiger partial charge in [-0.1, -0.05) is 143 Å². The Kier molecular flexibility index (Phi) is 12.7. The molecule has 304 valence electrons. The zero-order valence-electron chi connectivity index (χ0n) is 36.2. The molecule has 13 aliphatic carbocycles. The van der Waals surface area contributed by atoms with Crippen molar-refractivity contribution in [3.05, 3.63) is 156 Å². The van der Waals surface area contributed by atoms with Crippen LogP contribution < -0.4 is 0 Å². The van der Waals surface area contributed by atoms with Gasteiger partial charge in [0, 0.05) is 1.43 Å². The predicted octanol–water partition coefficient (Wildman–Crippen LogP) is 15.5. The molecule has 16 unspecified atom stereocenters. The smallest absolute Gasteiger partial charge is 0 e. The molecule has 4 saturated carbocycles. The quantitative estimate of drug-likeness (QED) is 0.246. The van der Waals surface area contributed by atoms with Crippen LogP contribution in [0.2, 0.25) is 0 Å². The molecule has 0 N–H and O–H groups in total. The van der Waals surface area contributed by atoms with Crippen LogP contribution in [0.3, 0.4) is 0 Å². The van der Waals surface area contributed by atoms with Crippen LogP contribution in [0, 0.1) is 94.7 Å². The second-order valence-corrected chi connectivity index (χ2v) is 20.3. The molecule has 0 nitrogen and oxygen atoms in total. The van der Waals surface area contributed by atoms with Crippen LogP contribution in [-0.2, 0) is 0 Å². The topological polar surface area (TPSA) is 0 Å². The monoisotopic (exact) mass is 762 g/mol. The van der Waals surface area contributed by atoms with Gasteiger partial charge in [-0.3, -0.25) is 0 Å². The number of fused-ring (bicyclic) bond motifs is 16. The van der Waals surface area contributed by atoms with E-state index in [1.54, 1.807) is 22.3 Å². The molecule has 4 fully saturated rings. The number of hydrogen-bond acceptors (Lipinski definition) is 0. The lowest BCUT2D eigenvalue weighted by molar-refractivity contribution is 0.384. The van der Waals surface area contributed by atoms with Gasteiger partial charge in [-0.15, -0.1) is 13.2 Å². The zero-order chi connectivity index (χ0) is 39.6. The van der Waals surface area contributed by atoms with Gasteiger partial charge in [-0.05, 0) is 194 Å². The van der Waals surface area contributed by atoms with E-state index in [0.717, 1.165) is 95.2 Å². The zero-order valence-corrected chi connectivity index (χ0v) is 36.2. The van der Waals surface area contributed by atoms with Gasteiger partial charge in [0.25, 0.3) is 0 Å². The second-order valence-electron chi connectivity index (χ2n) is 20.3. The van der Waals surface area contributed by atoms with Crippen molar-refractivity contribution in [1.82, 2.24) is 0 Å². The van der Waals surface area contributed by atoms with Crippen LogP contribution in [0.15, 0.2) is 156 Å². The largest absolute Gasteiger partial charge is 0.103 e. The summed E-state index contributed by atoms with van der Waals surface area (Å²) in [5.74, 6) is 14.5. The minimum atomic E-state index is 0. The lowest BCUT2D eigenvalue weighted by Crippen LogP contribution is -2.15. The van der Waals surface area contributed by atoms with Crippen LogP contribution in [0.5, 0.6) is 0 Å². The van der Waals surface area contributed by atoms with Gasteiger partial charge in [0.1, 0.15) is 0 Å². The molecule has 0 aromatic heterocycles. The Morgan fingerprint density at radius 1 is 0.491 bits per heavy atom. The van der Waals surface area contributed by atoms with Crippen LogP contribution in [-0.4, -0.2) is 0 Å². The fraction of sp³-hybridized carbons (Fsp3) is 0.544. The molecule has 0 spiro atoms. The summed E-state index contributed by atoms with van der Waals surface area (Å²) in [6, 6.07) is 0. The SMILES string of the molecule is C1=CCC=C1.C=CC1CC(C=C)C2CC(C)=CC12.CC1=CC2C3C=CC(C3)C2C1.CC1=CC2CC1C1CC=CC21.CC1=CC2CC1C1CC=CC21.CC1=CC=CC1.[2HH]. The van der Waals surface area contributed by atoms with E-state index in [2.05, 4.69) is 163 Å². The van der Waals surface area contributed by atoms with Gasteiger partial charge < -0.3 is 0 Å². The van der Waals surface area contributed by atoms with E-state index in [9.17, 15) is 0 Å². The molecule has 0 heterocycles. The molecule has 0 aliphatic heterocycles. The first-order chi connectivity index (χ1) is 27.7. The van der Waals surface area contributed by atoms with Crippen molar-refractivity contribution in [2.75, 3.05) is 0 Å². The first-order valence-electron chi connectivity index (χ1n) is 23.3. The van der Waals surface area contributed by atoms with Crippen molar-refractivity contribution >= 4 is 0 Å². The maximum absolute atomic E-state index is 3.94. The Morgan fingerprint density at radius 2 is 1.07 bits per heavy atom. The van der Waals surface area contributed by atoms with Gasteiger partial charge in [0.15, 0.2) is 0 Å². The van der Waals surface area contributed by atoms with E-state index in [0.29, 0.717) is 5.92 Å². The fourth-order valence-electron chi connectivity index (χ4n) is 14.0. The third-order valence-corrected chi connectivity index (χ3v) is 16.8. The highest BCUT2D eigenvalue weighted by molar-refractivity contribution is 5.29. The molecule has 0 radical (unpaired) electrons. The number of hydrogen-bond donors (Lipinski definition) is 0. The molecule has 0 saturated heterocycles. The molecule has 0 aromatic carbocycles. The van der Waals surface area contributed by atoms with Crippen LogP contribution >= 0.6 is 0 Å². The van der Waals surface area contributed by atoms with E-state index in [1.807, 2.05) is 0 Å². The van der Waals surface area contributed by atoms with Crippen molar-refractivity contribution in [3.8, 4) is 0 Å². The second kappa shape index (κ2) is 17.9. The summed E-state index contributed by atoms with van der Waals surface area (Å²) in [4.78, 5) is 0. The minimum Gasteiger partial charge on any atom is -0.103 e. The molecule has 13 rings (SSSR count). The molecule has 0 heteroatoms. The standard InChI is InChI=1S/C13H18.3C11H14.C6H8.C5H6.H2/c1-4-10-8-11(5-2)13-7-9(3)6-12(10)13;1-7-4-10-8-2-3-9(6-8)11(10)5-7;2*1-7-5-8-6-11(7)10-4-2-3-9(8)10;1-6-4-2-3-5-6;1-2-4-5-3-1;/h4-6,10-13H,1-2,7-8H2,3H3;2-4,8-11H,5-6H2,1H3;2*2-3,5,8-11H,4,6H2,1H3;2-4H,5H2,1H3;1-4H,5H2;1H/i;;;;;;1+1. The molecule has 0 amide bonds. The summed E-state index contributed by atoms with van der Waals surface area (Å²) in [5, 5.41) is 0. The van der Waals surface area contributed by atoms with Crippen molar-refractivity contribution < 1.29 is 1.43 Å². The molecule has 16 atom stereocenters. The third kappa shape index (κ3) is 8.54. The Morgan fingerprint density at radius 3 is 1.56 bits per heavy atom. The number of allylic oxidation sites excluding steroid dienone is 24. The Hall–Kier alpha value is -3.38.